The van der Waals surface area contributed by atoms with Gasteiger partial charge >= 0.3 is 5.97 Å². The van der Waals surface area contributed by atoms with Crippen LogP contribution in [-0.2, 0) is 14.9 Å². The Kier molecular flexibility index (Phi) is 9.52. The van der Waals surface area contributed by atoms with Crippen molar-refractivity contribution in [2.45, 2.75) is 50.6 Å². The molecule has 0 aliphatic carbocycles. The number of methoxy groups -OCH3 is 2. The molecule has 0 radical (unpaired) electrons. The molecule has 7 nitrogen and oxygen atoms in total. The average Bonchev–Trinajstić information content (AvgIpc) is 3.25. The van der Waals surface area contributed by atoms with Crippen molar-refractivity contribution in [2.24, 2.45) is 11.1 Å². The highest BCUT2D eigenvalue weighted by Gasteiger charge is 2.59. The van der Waals surface area contributed by atoms with Crippen LogP contribution in [0.1, 0.15) is 54.6 Å². The molecule has 224 valence electrons. The first-order valence-corrected chi connectivity index (χ1v) is 14.3. The average molecular weight is 617 g/mol. The molecule has 1 heterocycles. The van der Waals surface area contributed by atoms with Gasteiger partial charge in [0, 0.05) is 34.0 Å². The summed E-state index contributed by atoms with van der Waals surface area (Å²) in [6, 6.07) is 15.1. The molecule has 1 aliphatic rings. The van der Waals surface area contributed by atoms with Crippen LogP contribution in [0.3, 0.4) is 0 Å². The minimum atomic E-state index is -1.08. The van der Waals surface area contributed by atoms with Gasteiger partial charge in [-0.05, 0) is 59.4 Å². The van der Waals surface area contributed by atoms with E-state index in [0.717, 1.165) is 0 Å². The number of nitrogens with one attached hydrogen (secondary N) is 2. The van der Waals surface area contributed by atoms with Crippen molar-refractivity contribution < 1.29 is 23.5 Å². The van der Waals surface area contributed by atoms with E-state index in [4.69, 9.17) is 38.4 Å². The molecule has 0 saturated carbocycles. The fraction of sp³-hybridized carbons (Fsp3) is 0.375. The summed E-state index contributed by atoms with van der Waals surface area (Å²) in [7, 11) is 2.72. The first-order chi connectivity index (χ1) is 19.9. The van der Waals surface area contributed by atoms with E-state index in [1.54, 1.807) is 30.3 Å². The van der Waals surface area contributed by atoms with Crippen LogP contribution in [0.2, 0.25) is 10.0 Å². The number of anilines is 1. The number of carbonyl (C=O) groups is 2. The molecule has 0 unspecified atom stereocenters. The molecule has 3 aromatic rings. The van der Waals surface area contributed by atoms with Crippen LogP contribution < -0.4 is 21.1 Å². The monoisotopic (exact) mass is 615 g/mol. The van der Waals surface area contributed by atoms with Gasteiger partial charge in [0.2, 0.25) is 5.91 Å². The number of nitrogens with two attached hydrogens (primary N) is 1. The molecule has 1 aliphatic heterocycles. The number of carbonyl (C=O) groups excluding carboxylic acids is 2. The number of amides is 1. The number of halogens is 3. The molecular weight excluding hydrogens is 580 g/mol. The zero-order valence-corrected chi connectivity index (χ0v) is 25.8. The predicted octanol–water partition coefficient (Wildman–Crippen LogP) is 6.32. The van der Waals surface area contributed by atoms with Crippen molar-refractivity contribution in [3.63, 3.8) is 0 Å². The van der Waals surface area contributed by atoms with Gasteiger partial charge in [0.05, 0.1) is 31.5 Å². The van der Waals surface area contributed by atoms with Gasteiger partial charge in [0.15, 0.2) is 0 Å². The van der Waals surface area contributed by atoms with E-state index in [1.165, 1.54) is 32.4 Å². The lowest BCUT2D eigenvalue weighted by molar-refractivity contribution is -0.118. The summed E-state index contributed by atoms with van der Waals surface area (Å²) in [6.45, 7) is 6.27. The Bertz CT molecular complexity index is 1480. The van der Waals surface area contributed by atoms with Crippen LogP contribution in [0.4, 0.5) is 10.1 Å². The molecule has 10 heteroatoms. The van der Waals surface area contributed by atoms with E-state index < -0.39 is 41.1 Å². The van der Waals surface area contributed by atoms with Crippen molar-refractivity contribution in [3.05, 3.63) is 93.2 Å². The first kappa shape index (κ1) is 31.8. The summed E-state index contributed by atoms with van der Waals surface area (Å²) < 4.78 is 26.2. The number of ether oxygens (including phenoxy) is 2. The van der Waals surface area contributed by atoms with Gasteiger partial charge < -0.3 is 25.8 Å². The quantitative estimate of drug-likeness (QED) is 0.256. The third kappa shape index (κ3) is 6.13. The van der Waals surface area contributed by atoms with Gasteiger partial charge in [0.1, 0.15) is 11.6 Å². The zero-order valence-electron chi connectivity index (χ0n) is 24.3. The van der Waals surface area contributed by atoms with E-state index in [0.29, 0.717) is 28.3 Å². The largest absolute Gasteiger partial charge is 0.495 e. The molecule has 3 aromatic carbocycles. The van der Waals surface area contributed by atoms with Crippen molar-refractivity contribution in [1.82, 2.24) is 5.32 Å². The van der Waals surface area contributed by atoms with Crippen molar-refractivity contribution in [2.75, 3.05) is 26.1 Å². The number of benzene rings is 3. The molecule has 4 rings (SSSR count). The number of rotatable bonds is 8. The maximum absolute atomic E-state index is 15.9. The van der Waals surface area contributed by atoms with E-state index in [-0.39, 0.29) is 28.3 Å². The fourth-order valence-electron chi connectivity index (χ4n) is 6.09. The van der Waals surface area contributed by atoms with Crippen molar-refractivity contribution in [3.8, 4) is 5.75 Å². The highest BCUT2D eigenvalue weighted by Crippen LogP contribution is 2.53. The Morgan fingerprint density at radius 3 is 2.38 bits per heavy atom. The van der Waals surface area contributed by atoms with Crippen molar-refractivity contribution in [1.29, 1.82) is 0 Å². The van der Waals surface area contributed by atoms with E-state index in [2.05, 4.69) is 31.4 Å². The van der Waals surface area contributed by atoms with Crippen LogP contribution in [0.15, 0.2) is 60.7 Å². The topological polar surface area (TPSA) is 103 Å². The second-order valence-corrected chi connectivity index (χ2v) is 12.6. The van der Waals surface area contributed by atoms with Gasteiger partial charge in [-0.15, -0.1) is 0 Å². The highest BCUT2D eigenvalue weighted by atomic mass is 35.5. The highest BCUT2D eigenvalue weighted by molar-refractivity contribution is 6.31. The molecule has 4 N–H and O–H groups in total. The van der Waals surface area contributed by atoms with Gasteiger partial charge in [-0.3, -0.25) is 4.79 Å². The third-order valence-corrected chi connectivity index (χ3v) is 8.46. The number of hydrogen-bond acceptors (Lipinski definition) is 6. The van der Waals surface area contributed by atoms with Crippen LogP contribution in [0, 0.1) is 11.2 Å². The maximum Gasteiger partial charge on any atom is 0.337 e. The van der Waals surface area contributed by atoms with Crippen LogP contribution in [0.5, 0.6) is 5.75 Å². The lowest BCUT2D eigenvalue weighted by Gasteiger charge is -2.42. The molecule has 0 spiro atoms. The fourth-order valence-corrected chi connectivity index (χ4v) is 6.50. The Morgan fingerprint density at radius 2 is 1.79 bits per heavy atom. The minimum Gasteiger partial charge on any atom is -0.495 e. The molecule has 0 bridgehead atoms. The smallest absolute Gasteiger partial charge is 0.337 e. The molecule has 4 atom stereocenters. The summed E-state index contributed by atoms with van der Waals surface area (Å²) >= 11 is 12.9. The van der Waals surface area contributed by atoms with Gasteiger partial charge in [-0.1, -0.05) is 68.2 Å². The summed E-state index contributed by atoms with van der Waals surface area (Å²) in [4.78, 5) is 26.3. The summed E-state index contributed by atoms with van der Waals surface area (Å²) in [5.74, 6) is -1.83. The molecule has 1 saturated heterocycles. The van der Waals surface area contributed by atoms with Gasteiger partial charge in [-0.2, -0.15) is 0 Å². The maximum atomic E-state index is 15.9. The van der Waals surface area contributed by atoms with Crippen molar-refractivity contribution >= 4 is 40.8 Å². The molecular formula is C32H36Cl2FN3O4. The normalized spacial score (nSPS) is 22.1. The Morgan fingerprint density at radius 1 is 1.07 bits per heavy atom. The summed E-state index contributed by atoms with van der Waals surface area (Å²) in [5, 5.41) is 7.18. The Labute approximate surface area is 255 Å². The Balaban J connectivity index is 1.89. The molecule has 42 heavy (non-hydrogen) atoms. The van der Waals surface area contributed by atoms with Gasteiger partial charge in [-0.25, -0.2) is 9.18 Å². The third-order valence-electron chi connectivity index (χ3n) is 7.88. The number of hydrogen-bond donors (Lipinski definition) is 3. The summed E-state index contributed by atoms with van der Waals surface area (Å²) in [5.41, 5.74) is 7.00. The first-order valence-electron chi connectivity index (χ1n) is 13.6. The molecule has 0 aromatic heterocycles. The zero-order chi connectivity index (χ0) is 30.8. The van der Waals surface area contributed by atoms with Crippen LogP contribution in [0.25, 0.3) is 0 Å². The second-order valence-electron chi connectivity index (χ2n) is 11.7. The molecule has 1 fully saturated rings. The van der Waals surface area contributed by atoms with E-state index >= 15 is 4.39 Å². The predicted molar refractivity (Wildman–Crippen MR) is 164 cm³/mol. The van der Waals surface area contributed by atoms with E-state index in [1.807, 2.05) is 12.1 Å². The lowest BCUT2D eigenvalue weighted by atomic mass is 9.62. The van der Waals surface area contributed by atoms with Crippen LogP contribution in [-0.4, -0.2) is 44.7 Å². The number of esters is 1. The minimum absolute atomic E-state index is 0.0239. The van der Waals surface area contributed by atoms with Crippen LogP contribution >= 0.6 is 23.2 Å². The van der Waals surface area contributed by atoms with E-state index in [9.17, 15) is 9.59 Å². The second kappa shape index (κ2) is 12.6. The standard InChI is InChI=1S/C32H36Cl2FN3O4/c1-31(2,3)16-26-32(17-36,21-12-11-19(33)15-23(21)35)27(20-8-6-7-9-22(20)34)28(38-26)29(39)37-24-13-10-18(30(40)42-5)14-25(24)41-4/h6-15,26-28,38H,16-17,36H2,1-5H3,(H,37,39)/t26-,27-,28+,32-/m0/s1. The lowest BCUT2D eigenvalue weighted by Crippen LogP contribution is -2.50. The Hall–Kier alpha value is -3.17. The molecule has 1 amide bonds. The SMILES string of the molecule is COC(=O)c1ccc(NC(=O)[C@@H]2N[C@@H](CC(C)(C)C)[C@](CN)(c3ccc(Cl)cc3F)[C@H]2c2ccccc2Cl)c(OC)c1. The summed E-state index contributed by atoms with van der Waals surface area (Å²) in [6.07, 6.45) is 0.578. The van der Waals surface area contributed by atoms with Gasteiger partial charge in [0.25, 0.3) is 0 Å².